The molecule has 2 aliphatic rings. The molecule has 1 aliphatic heterocycles. The fourth-order valence-electron chi connectivity index (χ4n) is 4.35. The molecule has 4 N–H and O–H groups in total. The highest BCUT2D eigenvalue weighted by atomic mass is 35.5. The van der Waals surface area contributed by atoms with Crippen LogP contribution >= 0.6 is 11.6 Å². The fourth-order valence-corrected chi connectivity index (χ4v) is 4.55. The van der Waals surface area contributed by atoms with Crippen molar-refractivity contribution < 1.29 is 29.9 Å². The Bertz CT molecular complexity index is 631. The Morgan fingerprint density at radius 3 is 2.43 bits per heavy atom. The first-order valence-corrected chi connectivity index (χ1v) is 10.5. The number of halogens is 1. The Labute approximate surface area is 171 Å². The lowest BCUT2D eigenvalue weighted by molar-refractivity contribution is -0.231. The third-order valence-electron chi connectivity index (χ3n) is 6.00. The lowest BCUT2D eigenvalue weighted by Crippen LogP contribution is -2.55. The van der Waals surface area contributed by atoms with E-state index in [9.17, 15) is 20.4 Å². The molecule has 1 saturated carbocycles. The van der Waals surface area contributed by atoms with Crippen LogP contribution in [0.3, 0.4) is 0 Å². The second-order valence-corrected chi connectivity index (χ2v) is 8.31. The van der Waals surface area contributed by atoms with Crippen molar-refractivity contribution in [1.82, 2.24) is 0 Å². The number of benzene rings is 1. The third-order valence-corrected chi connectivity index (χ3v) is 6.36. The van der Waals surface area contributed by atoms with Gasteiger partial charge >= 0.3 is 0 Å². The number of hydrogen-bond acceptors (Lipinski definition) is 6. The molecular formula is C21H31ClO6. The van der Waals surface area contributed by atoms with Crippen LogP contribution in [0.2, 0.25) is 5.02 Å². The highest BCUT2D eigenvalue weighted by Crippen LogP contribution is 2.36. The van der Waals surface area contributed by atoms with Crippen LogP contribution in [-0.2, 0) is 15.9 Å². The van der Waals surface area contributed by atoms with E-state index < -0.39 is 37.1 Å². The lowest BCUT2D eigenvalue weighted by atomic mass is 9.82. The molecule has 28 heavy (non-hydrogen) atoms. The van der Waals surface area contributed by atoms with Crippen LogP contribution in [0, 0.1) is 5.92 Å². The second-order valence-electron chi connectivity index (χ2n) is 7.90. The molecule has 1 saturated heterocycles. The molecule has 0 spiro atoms. The Balaban J connectivity index is 1.71. The molecule has 5 atom stereocenters. The minimum absolute atomic E-state index is 0.358. The van der Waals surface area contributed by atoms with E-state index in [2.05, 4.69) is 0 Å². The second kappa shape index (κ2) is 9.85. The van der Waals surface area contributed by atoms with Gasteiger partial charge in [0, 0.05) is 11.6 Å². The van der Waals surface area contributed by atoms with Crippen LogP contribution in [-0.4, -0.2) is 64.2 Å². The first kappa shape index (κ1) is 22.0. The monoisotopic (exact) mass is 414 g/mol. The van der Waals surface area contributed by atoms with Gasteiger partial charge in [-0.15, -0.1) is 0 Å². The SMILES string of the molecule is CCOC1CCC(Cc2cc([C@@H]3O[C@H](CO)[C@@H](O)[C@H](O)[C@H]3O)ccc2Cl)CC1. The van der Waals surface area contributed by atoms with Gasteiger partial charge in [-0.3, -0.25) is 0 Å². The minimum atomic E-state index is -1.39. The molecule has 7 heteroatoms. The molecule has 1 aromatic rings. The Morgan fingerprint density at radius 2 is 1.79 bits per heavy atom. The van der Waals surface area contributed by atoms with Gasteiger partial charge in [0.1, 0.15) is 30.5 Å². The smallest absolute Gasteiger partial charge is 0.113 e. The zero-order valence-electron chi connectivity index (χ0n) is 16.2. The number of hydrogen-bond donors (Lipinski definition) is 4. The number of ether oxygens (including phenoxy) is 2. The van der Waals surface area contributed by atoms with Crippen molar-refractivity contribution in [2.24, 2.45) is 5.92 Å². The Kier molecular flexibility index (Phi) is 7.73. The zero-order chi connectivity index (χ0) is 20.3. The average Bonchev–Trinajstić information content (AvgIpc) is 2.70. The van der Waals surface area contributed by atoms with E-state index in [1.54, 1.807) is 12.1 Å². The maximum Gasteiger partial charge on any atom is 0.113 e. The molecule has 1 heterocycles. The largest absolute Gasteiger partial charge is 0.394 e. The van der Waals surface area contributed by atoms with Gasteiger partial charge in [-0.1, -0.05) is 23.7 Å². The number of aliphatic hydroxyl groups excluding tert-OH is 4. The van der Waals surface area contributed by atoms with Crippen molar-refractivity contribution >= 4 is 11.6 Å². The summed E-state index contributed by atoms with van der Waals surface area (Å²) in [5.74, 6) is 0.527. The summed E-state index contributed by atoms with van der Waals surface area (Å²) in [6.45, 7) is 2.34. The first-order valence-electron chi connectivity index (χ1n) is 10.1. The predicted octanol–water partition coefficient (Wildman–Crippen LogP) is 1.99. The van der Waals surface area contributed by atoms with Crippen LogP contribution in [0.25, 0.3) is 0 Å². The van der Waals surface area contributed by atoms with E-state index in [1.165, 1.54) is 0 Å². The molecule has 0 aromatic heterocycles. The number of aliphatic hydroxyl groups is 4. The quantitative estimate of drug-likeness (QED) is 0.568. The van der Waals surface area contributed by atoms with Crippen molar-refractivity contribution in [1.29, 1.82) is 0 Å². The van der Waals surface area contributed by atoms with Gasteiger partial charge in [0.15, 0.2) is 0 Å². The molecule has 2 fully saturated rings. The summed E-state index contributed by atoms with van der Waals surface area (Å²) in [5.41, 5.74) is 1.66. The summed E-state index contributed by atoms with van der Waals surface area (Å²) in [7, 11) is 0. The van der Waals surface area contributed by atoms with Crippen molar-refractivity contribution in [3.05, 3.63) is 34.3 Å². The van der Waals surface area contributed by atoms with E-state index in [4.69, 9.17) is 21.1 Å². The fraction of sp³-hybridized carbons (Fsp3) is 0.714. The maximum absolute atomic E-state index is 10.4. The highest BCUT2D eigenvalue weighted by Gasteiger charge is 2.44. The molecule has 158 valence electrons. The predicted molar refractivity (Wildman–Crippen MR) is 105 cm³/mol. The third kappa shape index (κ3) is 4.87. The van der Waals surface area contributed by atoms with Crippen molar-refractivity contribution in [3.8, 4) is 0 Å². The topological polar surface area (TPSA) is 99.4 Å². The van der Waals surface area contributed by atoms with Gasteiger partial charge < -0.3 is 29.9 Å². The standard InChI is InChI=1S/C21H31ClO6/c1-2-27-15-6-3-12(4-7-15)9-14-10-13(5-8-16(14)22)21-20(26)19(25)18(24)17(11-23)28-21/h5,8,10,12,15,17-21,23-26H,2-4,6-7,9,11H2,1H3/t12?,15?,17-,18-,19+,20-,21+/m1/s1. The van der Waals surface area contributed by atoms with E-state index in [0.717, 1.165) is 44.3 Å². The van der Waals surface area contributed by atoms with Gasteiger partial charge in [-0.25, -0.2) is 0 Å². The van der Waals surface area contributed by atoms with Crippen LogP contribution in [0.4, 0.5) is 0 Å². The molecule has 3 rings (SSSR count). The van der Waals surface area contributed by atoms with E-state index in [-0.39, 0.29) is 0 Å². The zero-order valence-corrected chi connectivity index (χ0v) is 17.0. The molecule has 1 aromatic carbocycles. The first-order chi connectivity index (χ1) is 13.4. The molecule has 0 radical (unpaired) electrons. The van der Waals surface area contributed by atoms with Crippen LogP contribution < -0.4 is 0 Å². The lowest BCUT2D eigenvalue weighted by Gasteiger charge is -2.40. The van der Waals surface area contributed by atoms with E-state index in [0.29, 0.717) is 22.6 Å². The molecular weight excluding hydrogens is 384 g/mol. The molecule has 0 bridgehead atoms. The van der Waals surface area contributed by atoms with Crippen LogP contribution in [0.15, 0.2) is 18.2 Å². The molecule has 0 unspecified atom stereocenters. The van der Waals surface area contributed by atoms with Gasteiger partial charge in [0.2, 0.25) is 0 Å². The summed E-state index contributed by atoms with van der Waals surface area (Å²) in [6, 6.07) is 5.44. The highest BCUT2D eigenvalue weighted by molar-refractivity contribution is 6.31. The van der Waals surface area contributed by atoms with E-state index >= 15 is 0 Å². The van der Waals surface area contributed by atoms with Crippen LogP contribution in [0.5, 0.6) is 0 Å². The van der Waals surface area contributed by atoms with Crippen molar-refractivity contribution in [2.45, 2.75) is 75.7 Å². The Hall–Kier alpha value is -0.730. The number of rotatable bonds is 6. The van der Waals surface area contributed by atoms with Gasteiger partial charge in [0.25, 0.3) is 0 Å². The van der Waals surface area contributed by atoms with Crippen molar-refractivity contribution in [2.75, 3.05) is 13.2 Å². The Morgan fingerprint density at radius 1 is 1.07 bits per heavy atom. The summed E-state index contributed by atoms with van der Waals surface area (Å²) in [6.07, 6.45) is -0.292. The van der Waals surface area contributed by atoms with Gasteiger partial charge in [-0.2, -0.15) is 0 Å². The normalized spacial score (nSPS) is 36.4. The molecule has 0 amide bonds. The maximum atomic E-state index is 10.4. The summed E-state index contributed by atoms with van der Waals surface area (Å²) in [4.78, 5) is 0. The summed E-state index contributed by atoms with van der Waals surface area (Å²) >= 11 is 6.42. The average molecular weight is 415 g/mol. The van der Waals surface area contributed by atoms with Crippen molar-refractivity contribution in [3.63, 3.8) is 0 Å². The van der Waals surface area contributed by atoms with Gasteiger partial charge in [-0.05, 0) is 62.1 Å². The minimum Gasteiger partial charge on any atom is -0.394 e. The molecule has 1 aliphatic carbocycles. The summed E-state index contributed by atoms with van der Waals surface area (Å²) in [5, 5.41) is 40.5. The van der Waals surface area contributed by atoms with Crippen LogP contribution in [0.1, 0.15) is 49.8 Å². The van der Waals surface area contributed by atoms with Gasteiger partial charge in [0.05, 0.1) is 12.7 Å². The summed E-state index contributed by atoms with van der Waals surface area (Å²) < 4.78 is 11.4. The molecule has 6 nitrogen and oxygen atoms in total. The van der Waals surface area contributed by atoms with E-state index in [1.807, 2.05) is 13.0 Å².